The second-order valence-electron chi connectivity index (χ2n) is 5.70. The standard InChI is InChI=1S/C15H18F3N3O2.HI/c16-15(17,18)23-12-6-2-1-5-10(12)20-14(19)21-11-8-13-9(11)4-3-7-22-13;/h1-2,5-6,9,11,13H,3-4,7-8H2,(H3,19,20,21);1H. The number of halogens is 4. The molecule has 9 heteroatoms. The molecule has 3 unspecified atom stereocenters. The average Bonchev–Trinajstić information content (AvgIpc) is 2.45. The van der Waals surface area contributed by atoms with Gasteiger partial charge in [0.2, 0.25) is 0 Å². The highest BCUT2D eigenvalue weighted by Gasteiger charge is 2.43. The SMILES string of the molecule is I.NC(=NC1CC2OCCCC12)Nc1ccccc1OC(F)(F)F. The molecule has 3 atom stereocenters. The molecular weight excluding hydrogens is 438 g/mol. The van der Waals surface area contributed by atoms with Gasteiger partial charge in [-0.3, -0.25) is 0 Å². The monoisotopic (exact) mass is 457 g/mol. The zero-order chi connectivity index (χ0) is 16.4. The number of para-hydroxylation sites is 2. The second kappa shape index (κ2) is 7.77. The zero-order valence-corrected chi connectivity index (χ0v) is 15.1. The zero-order valence-electron chi connectivity index (χ0n) is 12.8. The minimum absolute atomic E-state index is 0. The van der Waals surface area contributed by atoms with Crippen LogP contribution in [-0.2, 0) is 4.74 Å². The van der Waals surface area contributed by atoms with Crippen LogP contribution in [0.25, 0.3) is 0 Å². The third kappa shape index (κ3) is 4.65. The van der Waals surface area contributed by atoms with Crippen LogP contribution in [0.4, 0.5) is 18.9 Å². The van der Waals surface area contributed by atoms with Crippen molar-refractivity contribution in [2.45, 2.75) is 37.8 Å². The van der Waals surface area contributed by atoms with Crippen molar-refractivity contribution in [3.05, 3.63) is 24.3 Å². The van der Waals surface area contributed by atoms with Crippen LogP contribution in [-0.4, -0.2) is 31.1 Å². The van der Waals surface area contributed by atoms with E-state index in [0.29, 0.717) is 5.92 Å². The third-order valence-electron chi connectivity index (χ3n) is 4.14. The Labute approximate surface area is 154 Å². The van der Waals surface area contributed by atoms with E-state index in [9.17, 15) is 13.2 Å². The summed E-state index contributed by atoms with van der Waals surface area (Å²) in [7, 11) is 0. The Bertz CT molecular complexity index is 598. The topological polar surface area (TPSA) is 68.9 Å². The lowest BCUT2D eigenvalue weighted by Crippen LogP contribution is -2.49. The fourth-order valence-corrected chi connectivity index (χ4v) is 3.04. The number of alkyl halides is 3. The molecule has 1 saturated heterocycles. The molecule has 3 N–H and O–H groups in total. The van der Waals surface area contributed by atoms with Gasteiger partial charge < -0.3 is 20.5 Å². The summed E-state index contributed by atoms with van der Waals surface area (Å²) in [6.07, 6.45) is -1.67. The fraction of sp³-hybridized carbons (Fsp3) is 0.533. The van der Waals surface area contributed by atoms with Crippen molar-refractivity contribution in [3.63, 3.8) is 0 Å². The second-order valence-corrected chi connectivity index (χ2v) is 5.70. The summed E-state index contributed by atoms with van der Waals surface area (Å²) in [6.45, 7) is 0.785. The lowest BCUT2D eigenvalue weighted by molar-refractivity contribution is -0.274. The quantitative estimate of drug-likeness (QED) is 0.415. The molecule has 3 rings (SSSR count). The van der Waals surface area contributed by atoms with E-state index in [2.05, 4.69) is 15.0 Å². The molecule has 134 valence electrons. The van der Waals surface area contributed by atoms with E-state index in [1.807, 2.05) is 0 Å². The number of fused-ring (bicyclic) bond motifs is 1. The molecule has 1 saturated carbocycles. The maximum Gasteiger partial charge on any atom is 0.573 e. The van der Waals surface area contributed by atoms with Crippen molar-refractivity contribution >= 4 is 35.6 Å². The lowest BCUT2D eigenvalue weighted by Gasteiger charge is -2.45. The van der Waals surface area contributed by atoms with E-state index in [1.54, 1.807) is 6.07 Å². The maximum absolute atomic E-state index is 12.4. The van der Waals surface area contributed by atoms with E-state index in [4.69, 9.17) is 10.5 Å². The third-order valence-corrected chi connectivity index (χ3v) is 4.14. The number of benzene rings is 1. The van der Waals surface area contributed by atoms with Crippen LogP contribution in [0, 0.1) is 5.92 Å². The fourth-order valence-electron chi connectivity index (χ4n) is 3.04. The number of guanidine groups is 1. The summed E-state index contributed by atoms with van der Waals surface area (Å²) in [4.78, 5) is 4.37. The van der Waals surface area contributed by atoms with Crippen LogP contribution in [0.3, 0.4) is 0 Å². The van der Waals surface area contributed by atoms with Crippen LogP contribution in [0.1, 0.15) is 19.3 Å². The van der Waals surface area contributed by atoms with Crippen molar-refractivity contribution in [2.24, 2.45) is 16.6 Å². The summed E-state index contributed by atoms with van der Waals surface area (Å²) < 4.78 is 46.8. The van der Waals surface area contributed by atoms with Crippen molar-refractivity contribution in [1.82, 2.24) is 0 Å². The first-order chi connectivity index (χ1) is 10.9. The normalized spacial score (nSPS) is 26.6. The van der Waals surface area contributed by atoms with Gasteiger partial charge in [0.1, 0.15) is 0 Å². The van der Waals surface area contributed by atoms with Crippen molar-refractivity contribution < 1.29 is 22.6 Å². The maximum atomic E-state index is 12.4. The Kier molecular flexibility index (Phi) is 6.18. The number of hydrogen-bond acceptors (Lipinski definition) is 3. The Morgan fingerprint density at radius 2 is 2.08 bits per heavy atom. The van der Waals surface area contributed by atoms with Gasteiger partial charge in [-0.2, -0.15) is 0 Å². The number of nitrogens with zero attached hydrogens (tertiary/aromatic N) is 1. The molecule has 0 radical (unpaired) electrons. The predicted molar refractivity (Wildman–Crippen MR) is 94.7 cm³/mol. The molecular formula is C15H19F3IN3O2. The van der Waals surface area contributed by atoms with Crippen LogP contribution in [0.2, 0.25) is 0 Å². The number of nitrogens with one attached hydrogen (secondary N) is 1. The van der Waals surface area contributed by atoms with E-state index >= 15 is 0 Å². The van der Waals surface area contributed by atoms with Gasteiger partial charge in [0.05, 0.1) is 17.8 Å². The summed E-state index contributed by atoms with van der Waals surface area (Å²) in [6, 6.07) is 5.78. The molecule has 1 aliphatic carbocycles. The molecule has 0 aromatic heterocycles. The van der Waals surface area contributed by atoms with Crippen LogP contribution >= 0.6 is 24.0 Å². The molecule has 2 aliphatic rings. The molecule has 24 heavy (non-hydrogen) atoms. The van der Waals surface area contributed by atoms with Gasteiger partial charge >= 0.3 is 6.36 Å². The largest absolute Gasteiger partial charge is 0.573 e. The summed E-state index contributed by atoms with van der Waals surface area (Å²) in [5.74, 6) is 0.0913. The van der Waals surface area contributed by atoms with Crippen LogP contribution in [0.15, 0.2) is 29.3 Å². The Balaban J connectivity index is 0.00000208. The highest BCUT2D eigenvalue weighted by molar-refractivity contribution is 14.0. The molecule has 2 fully saturated rings. The predicted octanol–water partition coefficient (Wildman–Crippen LogP) is 3.50. The smallest absolute Gasteiger partial charge is 0.404 e. The Hall–Kier alpha value is -1.23. The molecule has 0 amide bonds. The van der Waals surface area contributed by atoms with Gasteiger partial charge in [-0.15, -0.1) is 37.1 Å². The first kappa shape index (κ1) is 19.1. The number of aliphatic imine (C=N–C) groups is 1. The Morgan fingerprint density at radius 3 is 2.79 bits per heavy atom. The van der Waals surface area contributed by atoms with Gasteiger partial charge in [0, 0.05) is 12.5 Å². The molecule has 1 aliphatic heterocycles. The number of hydrogen-bond donors (Lipinski definition) is 2. The highest BCUT2D eigenvalue weighted by atomic mass is 127. The summed E-state index contributed by atoms with van der Waals surface area (Å²) in [5, 5.41) is 2.69. The molecule has 5 nitrogen and oxygen atoms in total. The minimum atomic E-state index is -4.76. The van der Waals surface area contributed by atoms with Crippen molar-refractivity contribution in [2.75, 3.05) is 11.9 Å². The van der Waals surface area contributed by atoms with Crippen LogP contribution < -0.4 is 15.8 Å². The summed E-state index contributed by atoms with van der Waals surface area (Å²) in [5.41, 5.74) is 5.96. The highest BCUT2D eigenvalue weighted by Crippen LogP contribution is 2.40. The van der Waals surface area contributed by atoms with Gasteiger partial charge in [-0.25, -0.2) is 4.99 Å². The van der Waals surface area contributed by atoms with Crippen molar-refractivity contribution in [1.29, 1.82) is 0 Å². The van der Waals surface area contributed by atoms with E-state index in [0.717, 1.165) is 25.9 Å². The van der Waals surface area contributed by atoms with E-state index in [-0.39, 0.29) is 53.5 Å². The van der Waals surface area contributed by atoms with Gasteiger partial charge in [-0.05, 0) is 31.4 Å². The number of ether oxygens (including phenoxy) is 2. The molecule has 1 aromatic carbocycles. The van der Waals surface area contributed by atoms with E-state index in [1.165, 1.54) is 18.2 Å². The molecule has 0 bridgehead atoms. The van der Waals surface area contributed by atoms with Gasteiger partial charge in [-0.1, -0.05) is 12.1 Å². The first-order valence-electron chi connectivity index (χ1n) is 7.49. The minimum Gasteiger partial charge on any atom is -0.404 e. The lowest BCUT2D eigenvalue weighted by atomic mass is 9.73. The molecule has 1 heterocycles. The molecule has 1 aromatic rings. The van der Waals surface area contributed by atoms with Crippen molar-refractivity contribution in [3.8, 4) is 5.75 Å². The van der Waals surface area contributed by atoms with Gasteiger partial charge in [0.15, 0.2) is 11.7 Å². The number of nitrogens with two attached hydrogens (primary N) is 1. The first-order valence-corrected chi connectivity index (χ1v) is 7.49. The number of rotatable bonds is 3. The number of anilines is 1. The van der Waals surface area contributed by atoms with Crippen LogP contribution in [0.5, 0.6) is 5.75 Å². The van der Waals surface area contributed by atoms with E-state index < -0.39 is 6.36 Å². The summed E-state index contributed by atoms with van der Waals surface area (Å²) >= 11 is 0. The average molecular weight is 457 g/mol. The Morgan fingerprint density at radius 1 is 1.33 bits per heavy atom. The molecule has 0 spiro atoms. The van der Waals surface area contributed by atoms with Gasteiger partial charge in [0.25, 0.3) is 0 Å².